The van der Waals surface area contributed by atoms with Gasteiger partial charge in [0, 0.05) is 25.4 Å². The van der Waals surface area contributed by atoms with Gasteiger partial charge in [-0.15, -0.1) is 0 Å². The number of nitrogens with one attached hydrogen (secondary N) is 1. The Kier molecular flexibility index (Phi) is 7.73. The first-order valence-corrected chi connectivity index (χ1v) is 12.5. The van der Waals surface area contributed by atoms with Crippen LogP contribution in [0.3, 0.4) is 0 Å². The first-order valence-electron chi connectivity index (χ1n) is 12.5. The number of fused-ring (bicyclic) bond motifs is 3. The fourth-order valence-corrected chi connectivity index (χ4v) is 5.63. The summed E-state index contributed by atoms with van der Waals surface area (Å²) in [5.41, 5.74) is 4.72. The average molecular weight is 479 g/mol. The molecule has 0 aromatic heterocycles. The molecule has 2 aliphatic carbocycles. The average Bonchev–Trinajstić information content (AvgIpc) is 3.19. The Hall–Kier alpha value is -3.35. The molecule has 7 heteroatoms. The van der Waals surface area contributed by atoms with Crippen molar-refractivity contribution in [3.63, 3.8) is 0 Å². The summed E-state index contributed by atoms with van der Waals surface area (Å²) in [5.74, 6) is -1.13. The minimum atomic E-state index is -0.979. The normalized spacial score (nSPS) is 19.8. The van der Waals surface area contributed by atoms with Crippen LogP contribution in [0.15, 0.2) is 48.5 Å². The monoisotopic (exact) mass is 478 g/mol. The van der Waals surface area contributed by atoms with Crippen molar-refractivity contribution in [1.29, 1.82) is 0 Å². The first kappa shape index (κ1) is 24.8. The predicted molar refractivity (Wildman–Crippen MR) is 133 cm³/mol. The van der Waals surface area contributed by atoms with Crippen LogP contribution >= 0.6 is 0 Å². The lowest BCUT2D eigenvalue weighted by atomic mass is 9.80. The van der Waals surface area contributed by atoms with Crippen LogP contribution < -0.4 is 5.32 Å². The van der Waals surface area contributed by atoms with Gasteiger partial charge >= 0.3 is 12.1 Å². The Bertz CT molecular complexity index is 1040. The van der Waals surface area contributed by atoms with Crippen LogP contribution in [0.4, 0.5) is 4.79 Å². The third-order valence-electron chi connectivity index (χ3n) is 7.50. The molecule has 35 heavy (non-hydrogen) atoms. The van der Waals surface area contributed by atoms with Gasteiger partial charge in [-0.25, -0.2) is 9.59 Å². The van der Waals surface area contributed by atoms with Crippen LogP contribution in [-0.2, 0) is 14.3 Å². The number of amides is 2. The lowest BCUT2D eigenvalue weighted by Gasteiger charge is -2.33. The molecule has 4 rings (SSSR count). The van der Waals surface area contributed by atoms with E-state index in [0.717, 1.165) is 19.3 Å². The van der Waals surface area contributed by atoms with Crippen LogP contribution in [0.25, 0.3) is 11.1 Å². The molecule has 0 aliphatic heterocycles. The second-order valence-electron chi connectivity index (χ2n) is 9.65. The fraction of sp³-hybridized carbons (Fsp3) is 0.464. The van der Waals surface area contributed by atoms with Crippen LogP contribution in [0.1, 0.15) is 56.1 Å². The quantitative estimate of drug-likeness (QED) is 0.576. The highest BCUT2D eigenvalue weighted by molar-refractivity contribution is 5.85. The topological polar surface area (TPSA) is 95.9 Å². The molecule has 1 fully saturated rings. The summed E-state index contributed by atoms with van der Waals surface area (Å²) in [6, 6.07) is 15.6. The molecule has 3 unspecified atom stereocenters. The zero-order chi connectivity index (χ0) is 24.9. The summed E-state index contributed by atoms with van der Waals surface area (Å²) in [7, 11) is 1.57. The smallest absolute Gasteiger partial charge is 0.407 e. The largest absolute Gasteiger partial charge is 0.480 e. The van der Waals surface area contributed by atoms with Crippen LogP contribution in [-0.4, -0.2) is 54.2 Å². The van der Waals surface area contributed by atoms with Gasteiger partial charge in [0.1, 0.15) is 12.6 Å². The summed E-state index contributed by atoms with van der Waals surface area (Å²) < 4.78 is 5.63. The van der Waals surface area contributed by atoms with E-state index in [9.17, 15) is 19.5 Å². The maximum absolute atomic E-state index is 12.9. The molecule has 0 radical (unpaired) electrons. The molecule has 2 amide bonds. The number of hydrogen-bond donors (Lipinski definition) is 2. The first-order chi connectivity index (χ1) is 16.9. The SMILES string of the molecule is CCC(C(=O)O)N(C)C(=O)C1CCCC(CNC(=O)OCC2c3ccccc3-c3ccccc32)C1. The summed E-state index contributed by atoms with van der Waals surface area (Å²) in [6.45, 7) is 2.48. The maximum Gasteiger partial charge on any atom is 0.407 e. The molecular formula is C28H34N2O5. The molecule has 2 aromatic rings. The van der Waals surface area contributed by atoms with Crippen molar-refractivity contribution >= 4 is 18.0 Å². The molecule has 3 atom stereocenters. The number of benzene rings is 2. The summed E-state index contributed by atoms with van der Waals surface area (Å²) in [6.07, 6.45) is 3.12. The lowest BCUT2D eigenvalue weighted by Crippen LogP contribution is -2.46. The molecule has 7 nitrogen and oxygen atoms in total. The molecule has 0 heterocycles. The van der Waals surface area contributed by atoms with Crippen molar-refractivity contribution in [2.75, 3.05) is 20.2 Å². The number of alkyl carbamates (subject to hydrolysis) is 1. The number of likely N-dealkylation sites (N-methyl/N-ethyl adjacent to an activating group) is 1. The summed E-state index contributed by atoms with van der Waals surface area (Å²) in [4.78, 5) is 38.2. The van der Waals surface area contributed by atoms with Gasteiger partial charge in [0.05, 0.1) is 0 Å². The number of aliphatic carboxylic acids is 1. The number of carboxylic acid groups (broad SMARTS) is 1. The Labute approximate surface area is 206 Å². The number of nitrogens with zero attached hydrogens (tertiary/aromatic N) is 1. The van der Waals surface area contributed by atoms with Crippen LogP contribution in [0, 0.1) is 11.8 Å². The Morgan fingerprint density at radius 2 is 1.69 bits per heavy atom. The minimum Gasteiger partial charge on any atom is -0.480 e. The Balaban J connectivity index is 1.29. The highest BCUT2D eigenvalue weighted by Crippen LogP contribution is 2.44. The van der Waals surface area contributed by atoms with Gasteiger partial charge < -0.3 is 20.1 Å². The minimum absolute atomic E-state index is 0.0149. The van der Waals surface area contributed by atoms with Gasteiger partial charge in [0.25, 0.3) is 0 Å². The fourth-order valence-electron chi connectivity index (χ4n) is 5.63. The zero-order valence-corrected chi connectivity index (χ0v) is 20.4. The highest BCUT2D eigenvalue weighted by Gasteiger charge is 2.34. The molecular weight excluding hydrogens is 444 g/mol. The summed E-state index contributed by atoms with van der Waals surface area (Å²) >= 11 is 0. The van der Waals surface area contributed by atoms with Crippen LogP contribution in [0.2, 0.25) is 0 Å². The third-order valence-corrected chi connectivity index (χ3v) is 7.50. The van der Waals surface area contributed by atoms with Crippen molar-refractivity contribution in [3.8, 4) is 11.1 Å². The van der Waals surface area contributed by atoms with E-state index in [0.29, 0.717) is 19.4 Å². The Morgan fingerprint density at radius 1 is 1.06 bits per heavy atom. The van der Waals surface area contributed by atoms with Gasteiger partial charge in [-0.05, 0) is 53.9 Å². The molecule has 1 saturated carbocycles. The molecule has 2 N–H and O–H groups in total. The van der Waals surface area contributed by atoms with Gasteiger partial charge in [-0.2, -0.15) is 0 Å². The highest BCUT2D eigenvalue weighted by atomic mass is 16.5. The van der Waals surface area contributed by atoms with E-state index >= 15 is 0 Å². The maximum atomic E-state index is 12.9. The van der Waals surface area contributed by atoms with E-state index in [1.165, 1.54) is 27.2 Å². The molecule has 2 aromatic carbocycles. The van der Waals surface area contributed by atoms with Gasteiger partial charge in [-0.1, -0.05) is 61.9 Å². The van der Waals surface area contributed by atoms with E-state index in [4.69, 9.17) is 4.74 Å². The van der Waals surface area contributed by atoms with Crippen molar-refractivity contribution in [1.82, 2.24) is 10.2 Å². The number of carbonyl (C=O) groups is 3. The van der Waals surface area contributed by atoms with Crippen molar-refractivity contribution in [2.45, 2.75) is 51.0 Å². The predicted octanol–water partition coefficient (Wildman–Crippen LogP) is 4.65. The molecule has 0 spiro atoms. The van der Waals surface area contributed by atoms with Gasteiger partial charge in [0.15, 0.2) is 0 Å². The van der Waals surface area contributed by atoms with Crippen LogP contribution in [0.5, 0.6) is 0 Å². The summed E-state index contributed by atoms with van der Waals surface area (Å²) in [5, 5.41) is 12.3. The molecule has 0 bridgehead atoms. The van der Waals surface area contributed by atoms with Crippen molar-refractivity contribution in [3.05, 3.63) is 59.7 Å². The number of hydrogen-bond acceptors (Lipinski definition) is 4. The van der Waals surface area contributed by atoms with Crippen molar-refractivity contribution in [2.24, 2.45) is 11.8 Å². The number of ether oxygens (including phenoxy) is 1. The van der Waals surface area contributed by atoms with Crippen molar-refractivity contribution < 1.29 is 24.2 Å². The second-order valence-corrected chi connectivity index (χ2v) is 9.65. The van der Waals surface area contributed by atoms with Gasteiger partial charge in [0.2, 0.25) is 5.91 Å². The lowest BCUT2D eigenvalue weighted by molar-refractivity contribution is -0.151. The van der Waals surface area contributed by atoms with E-state index in [1.807, 2.05) is 24.3 Å². The third kappa shape index (κ3) is 5.34. The number of rotatable bonds is 8. The molecule has 2 aliphatic rings. The number of carboxylic acids is 1. The van der Waals surface area contributed by atoms with Gasteiger partial charge in [-0.3, -0.25) is 4.79 Å². The molecule has 0 saturated heterocycles. The number of carbonyl (C=O) groups excluding carboxylic acids is 2. The van der Waals surface area contributed by atoms with E-state index in [2.05, 4.69) is 29.6 Å². The van der Waals surface area contributed by atoms with E-state index in [-0.39, 0.29) is 30.3 Å². The van der Waals surface area contributed by atoms with E-state index < -0.39 is 18.1 Å². The standard InChI is InChI=1S/C28H34N2O5/c1-3-25(27(32)33)30(2)26(31)19-10-8-9-18(15-19)16-29-28(34)35-17-24-22-13-6-4-11-20(22)21-12-5-7-14-23(21)24/h4-7,11-14,18-19,24-25H,3,8-10,15-17H2,1-2H3,(H,29,34)(H,32,33). The zero-order valence-electron chi connectivity index (χ0n) is 20.4. The molecule has 186 valence electrons. The Morgan fingerprint density at radius 3 is 2.29 bits per heavy atom. The van der Waals surface area contributed by atoms with E-state index in [1.54, 1.807) is 14.0 Å². The second kappa shape index (κ2) is 10.9.